The quantitative estimate of drug-likeness (QED) is 0.840. The van der Waals surface area contributed by atoms with Crippen LogP contribution in [-0.4, -0.2) is 5.91 Å². The molecule has 0 spiro atoms. The molecule has 98 valence electrons. The number of nitrogens with two attached hydrogens (primary N) is 1. The van der Waals surface area contributed by atoms with E-state index in [4.69, 9.17) is 17.3 Å². The van der Waals surface area contributed by atoms with E-state index in [0.29, 0.717) is 16.4 Å². The maximum Gasteiger partial charge on any atom is 0.221 e. The molecule has 0 heterocycles. The average Bonchev–Trinajstić information content (AvgIpc) is 2.35. The van der Waals surface area contributed by atoms with Gasteiger partial charge >= 0.3 is 0 Å². The van der Waals surface area contributed by atoms with Gasteiger partial charge in [-0.05, 0) is 30.3 Å². The molecule has 2 aromatic rings. The number of nitrogens with one attached hydrogen (secondary N) is 1. The fourth-order valence-corrected chi connectivity index (χ4v) is 2.70. The molecule has 0 aliphatic carbocycles. The third-order valence-corrected chi connectivity index (χ3v) is 3.91. The maximum atomic E-state index is 11.0. The van der Waals surface area contributed by atoms with Crippen molar-refractivity contribution in [2.24, 2.45) is 0 Å². The smallest absolute Gasteiger partial charge is 0.221 e. The zero-order valence-electron chi connectivity index (χ0n) is 10.3. The summed E-state index contributed by atoms with van der Waals surface area (Å²) in [4.78, 5) is 12.9. The van der Waals surface area contributed by atoms with Gasteiger partial charge < -0.3 is 11.1 Å². The zero-order valence-corrected chi connectivity index (χ0v) is 11.9. The Labute approximate surface area is 121 Å². The van der Waals surface area contributed by atoms with E-state index < -0.39 is 0 Å². The van der Waals surface area contributed by atoms with Crippen LogP contribution in [0.2, 0.25) is 5.02 Å². The number of benzene rings is 2. The molecule has 0 saturated carbocycles. The molecule has 0 unspecified atom stereocenters. The van der Waals surface area contributed by atoms with Gasteiger partial charge in [0.25, 0.3) is 0 Å². The maximum absolute atomic E-state index is 11.0. The van der Waals surface area contributed by atoms with Crippen LogP contribution in [-0.2, 0) is 4.79 Å². The summed E-state index contributed by atoms with van der Waals surface area (Å²) in [7, 11) is 0. The Morgan fingerprint density at radius 3 is 2.63 bits per heavy atom. The van der Waals surface area contributed by atoms with Crippen molar-refractivity contribution in [1.29, 1.82) is 0 Å². The van der Waals surface area contributed by atoms with Crippen molar-refractivity contribution in [3.63, 3.8) is 0 Å². The molecule has 0 atom stereocenters. The van der Waals surface area contributed by atoms with Crippen molar-refractivity contribution in [1.82, 2.24) is 0 Å². The van der Waals surface area contributed by atoms with E-state index in [1.807, 2.05) is 36.4 Å². The number of carbonyl (C=O) groups is 1. The molecule has 5 heteroatoms. The van der Waals surface area contributed by atoms with Gasteiger partial charge in [0.15, 0.2) is 0 Å². The summed E-state index contributed by atoms with van der Waals surface area (Å²) in [5, 5.41) is 3.38. The lowest BCUT2D eigenvalue weighted by Gasteiger charge is -2.09. The Morgan fingerprint density at radius 2 is 2.00 bits per heavy atom. The van der Waals surface area contributed by atoms with E-state index in [0.717, 1.165) is 9.79 Å². The standard InChI is InChI=1S/C14H13ClN2OS/c1-9(18)17-13-7-6-10(8-12(13)16)19-14-5-3-2-4-11(14)15/h2-8H,16H2,1H3,(H,17,18). The Kier molecular flexibility index (Phi) is 4.35. The van der Waals surface area contributed by atoms with Crippen molar-refractivity contribution in [2.75, 3.05) is 11.1 Å². The van der Waals surface area contributed by atoms with Crippen molar-refractivity contribution in [3.8, 4) is 0 Å². The van der Waals surface area contributed by atoms with Crippen molar-refractivity contribution in [3.05, 3.63) is 47.5 Å². The second-order valence-corrected chi connectivity index (χ2v) is 5.49. The molecule has 3 nitrogen and oxygen atoms in total. The van der Waals surface area contributed by atoms with Gasteiger partial charge in [-0.25, -0.2) is 0 Å². The lowest BCUT2D eigenvalue weighted by molar-refractivity contribution is -0.114. The first-order valence-corrected chi connectivity index (χ1v) is 6.85. The molecule has 3 N–H and O–H groups in total. The Bertz CT molecular complexity index is 616. The average molecular weight is 293 g/mol. The molecule has 0 bridgehead atoms. The van der Waals surface area contributed by atoms with Crippen LogP contribution in [0.4, 0.5) is 11.4 Å². The van der Waals surface area contributed by atoms with E-state index >= 15 is 0 Å². The fourth-order valence-electron chi connectivity index (χ4n) is 1.56. The number of hydrogen-bond donors (Lipinski definition) is 2. The van der Waals surface area contributed by atoms with Gasteiger partial charge in [-0.2, -0.15) is 0 Å². The third-order valence-electron chi connectivity index (χ3n) is 2.40. The highest BCUT2D eigenvalue weighted by molar-refractivity contribution is 7.99. The third kappa shape index (κ3) is 3.66. The first-order valence-electron chi connectivity index (χ1n) is 5.66. The highest BCUT2D eigenvalue weighted by Gasteiger charge is 2.05. The van der Waals surface area contributed by atoms with Crippen LogP contribution in [0.3, 0.4) is 0 Å². The molecular formula is C14H13ClN2OS. The highest BCUT2D eigenvalue weighted by Crippen LogP contribution is 2.35. The lowest BCUT2D eigenvalue weighted by Crippen LogP contribution is -2.07. The number of rotatable bonds is 3. The van der Waals surface area contributed by atoms with Gasteiger partial charge in [-0.15, -0.1) is 0 Å². The van der Waals surface area contributed by atoms with E-state index in [-0.39, 0.29) is 5.91 Å². The van der Waals surface area contributed by atoms with Gasteiger partial charge in [-0.1, -0.05) is 35.5 Å². The molecule has 0 aliphatic rings. The lowest BCUT2D eigenvalue weighted by atomic mass is 10.2. The summed E-state index contributed by atoms with van der Waals surface area (Å²) in [6.07, 6.45) is 0. The number of amides is 1. The molecule has 0 aliphatic heterocycles. The first-order chi connectivity index (χ1) is 9.06. The van der Waals surface area contributed by atoms with E-state index in [1.165, 1.54) is 18.7 Å². The van der Waals surface area contributed by atoms with Gasteiger partial charge in [0.1, 0.15) is 0 Å². The van der Waals surface area contributed by atoms with Gasteiger partial charge in [0.2, 0.25) is 5.91 Å². The summed E-state index contributed by atoms with van der Waals surface area (Å²) < 4.78 is 0. The molecule has 2 aromatic carbocycles. The Balaban J connectivity index is 2.21. The SMILES string of the molecule is CC(=O)Nc1ccc(Sc2ccccc2Cl)cc1N. The molecule has 2 rings (SSSR count). The van der Waals surface area contributed by atoms with Crippen molar-refractivity contribution < 1.29 is 4.79 Å². The number of anilines is 2. The fraction of sp³-hybridized carbons (Fsp3) is 0.0714. The summed E-state index contributed by atoms with van der Waals surface area (Å²) in [5.41, 5.74) is 7.06. The van der Waals surface area contributed by atoms with Gasteiger partial charge in [-0.3, -0.25) is 4.79 Å². The predicted molar refractivity (Wildman–Crippen MR) is 80.7 cm³/mol. The van der Waals surface area contributed by atoms with Crippen molar-refractivity contribution >= 4 is 40.6 Å². The minimum absolute atomic E-state index is 0.141. The normalized spacial score (nSPS) is 10.2. The summed E-state index contributed by atoms with van der Waals surface area (Å²) in [5.74, 6) is -0.141. The van der Waals surface area contributed by atoms with Crippen molar-refractivity contribution in [2.45, 2.75) is 16.7 Å². The van der Waals surface area contributed by atoms with Gasteiger partial charge in [0, 0.05) is 16.7 Å². The van der Waals surface area contributed by atoms with Crippen LogP contribution in [0.5, 0.6) is 0 Å². The molecule has 0 saturated heterocycles. The monoisotopic (exact) mass is 292 g/mol. The Morgan fingerprint density at radius 1 is 1.26 bits per heavy atom. The first kappa shape index (κ1) is 13.8. The van der Waals surface area contributed by atoms with E-state index in [2.05, 4.69) is 5.32 Å². The second-order valence-electron chi connectivity index (χ2n) is 3.96. The Hall–Kier alpha value is -1.65. The highest BCUT2D eigenvalue weighted by atomic mass is 35.5. The second kappa shape index (κ2) is 5.99. The van der Waals surface area contributed by atoms with Crippen LogP contribution >= 0.6 is 23.4 Å². The van der Waals surface area contributed by atoms with Crippen LogP contribution in [0.15, 0.2) is 52.3 Å². The number of hydrogen-bond acceptors (Lipinski definition) is 3. The predicted octanol–water partition coefficient (Wildman–Crippen LogP) is 4.03. The van der Waals surface area contributed by atoms with Crippen LogP contribution in [0.25, 0.3) is 0 Å². The topological polar surface area (TPSA) is 55.1 Å². The number of carbonyl (C=O) groups excluding carboxylic acids is 1. The van der Waals surface area contributed by atoms with Crippen LogP contribution in [0.1, 0.15) is 6.92 Å². The molecule has 0 radical (unpaired) electrons. The molecular weight excluding hydrogens is 280 g/mol. The summed E-state index contributed by atoms with van der Waals surface area (Å²) >= 11 is 7.64. The van der Waals surface area contributed by atoms with E-state index in [1.54, 1.807) is 6.07 Å². The molecule has 0 fully saturated rings. The van der Waals surface area contributed by atoms with Crippen LogP contribution in [0, 0.1) is 0 Å². The summed E-state index contributed by atoms with van der Waals surface area (Å²) in [6.45, 7) is 1.45. The molecule has 19 heavy (non-hydrogen) atoms. The zero-order chi connectivity index (χ0) is 13.8. The molecule has 1 amide bonds. The summed E-state index contributed by atoms with van der Waals surface area (Å²) in [6, 6.07) is 13.1. The number of nitrogen functional groups attached to an aromatic ring is 1. The largest absolute Gasteiger partial charge is 0.397 e. The number of halogens is 1. The molecule has 0 aromatic heterocycles. The van der Waals surface area contributed by atoms with Crippen LogP contribution < -0.4 is 11.1 Å². The minimum atomic E-state index is -0.141. The minimum Gasteiger partial charge on any atom is -0.397 e. The van der Waals surface area contributed by atoms with Gasteiger partial charge in [0.05, 0.1) is 16.4 Å². The van der Waals surface area contributed by atoms with E-state index in [9.17, 15) is 4.79 Å².